The largest absolute Gasteiger partial charge is 0.325 e. The van der Waals surface area contributed by atoms with Crippen LogP contribution in [-0.2, 0) is 13.1 Å². The Hall–Kier alpha value is -0.970. The van der Waals surface area contributed by atoms with Gasteiger partial charge >= 0.3 is 0 Å². The highest BCUT2D eigenvalue weighted by Gasteiger charge is 2.20. The number of aromatic nitrogens is 1. The molecule has 0 saturated carbocycles. The molecule has 0 bridgehead atoms. The molecule has 4 heteroatoms. The molecule has 1 aliphatic rings. The minimum Gasteiger partial charge on any atom is -0.325 e. The van der Waals surface area contributed by atoms with E-state index in [-0.39, 0.29) is 0 Å². The minimum atomic E-state index is 0.518. The van der Waals surface area contributed by atoms with Gasteiger partial charge in [-0.2, -0.15) is 0 Å². The molecule has 1 unspecified atom stereocenters. The van der Waals surface area contributed by atoms with E-state index in [4.69, 9.17) is 5.73 Å². The van der Waals surface area contributed by atoms with Crippen LogP contribution in [0.15, 0.2) is 18.3 Å². The molecule has 1 aromatic heterocycles. The Morgan fingerprint density at radius 3 is 3.11 bits per heavy atom. The topological polar surface area (TPSA) is 45.4 Å². The second-order valence-electron chi connectivity index (χ2n) is 5.33. The van der Waals surface area contributed by atoms with E-state index in [1.807, 2.05) is 6.20 Å². The van der Waals surface area contributed by atoms with Gasteiger partial charge in [0.15, 0.2) is 0 Å². The van der Waals surface area contributed by atoms with Crippen molar-refractivity contribution in [3.63, 3.8) is 0 Å². The first-order valence-corrected chi connectivity index (χ1v) is 6.71. The zero-order valence-electron chi connectivity index (χ0n) is 11.5. The van der Waals surface area contributed by atoms with Crippen LogP contribution in [0.2, 0.25) is 0 Å². The van der Waals surface area contributed by atoms with Crippen molar-refractivity contribution in [1.29, 1.82) is 0 Å². The molecule has 2 rings (SSSR count). The molecule has 1 fully saturated rings. The van der Waals surface area contributed by atoms with Crippen molar-refractivity contribution < 1.29 is 0 Å². The highest BCUT2D eigenvalue weighted by Crippen LogP contribution is 2.16. The Labute approximate surface area is 110 Å². The smallest absolute Gasteiger partial charge is 0.0542 e. The Morgan fingerprint density at radius 1 is 1.56 bits per heavy atom. The third-order valence-corrected chi connectivity index (χ3v) is 3.75. The number of nitrogens with two attached hydrogens (primary N) is 1. The van der Waals surface area contributed by atoms with Crippen molar-refractivity contribution in [2.75, 3.05) is 27.2 Å². The molecular weight excluding hydrogens is 224 g/mol. The number of pyridine rings is 1. The van der Waals surface area contributed by atoms with Crippen LogP contribution in [0.3, 0.4) is 0 Å². The van der Waals surface area contributed by atoms with Crippen LogP contribution in [0, 0.1) is 0 Å². The molecule has 0 spiro atoms. The van der Waals surface area contributed by atoms with Gasteiger partial charge in [0.2, 0.25) is 0 Å². The van der Waals surface area contributed by atoms with Crippen LogP contribution in [-0.4, -0.2) is 48.0 Å². The molecule has 1 aromatic rings. The van der Waals surface area contributed by atoms with Gasteiger partial charge in [0.1, 0.15) is 0 Å². The third-order valence-electron chi connectivity index (χ3n) is 3.75. The highest BCUT2D eigenvalue weighted by atomic mass is 15.2. The van der Waals surface area contributed by atoms with E-state index in [1.54, 1.807) is 0 Å². The number of likely N-dealkylation sites (tertiary alicyclic amines) is 1. The quantitative estimate of drug-likeness (QED) is 0.865. The monoisotopic (exact) mass is 248 g/mol. The van der Waals surface area contributed by atoms with Gasteiger partial charge < -0.3 is 10.6 Å². The third kappa shape index (κ3) is 3.51. The molecule has 1 atom stereocenters. The number of piperidine rings is 1. The fourth-order valence-electron chi connectivity index (χ4n) is 2.65. The molecule has 100 valence electrons. The molecule has 0 amide bonds. The summed E-state index contributed by atoms with van der Waals surface area (Å²) in [4.78, 5) is 9.11. The zero-order chi connectivity index (χ0) is 13.0. The molecule has 2 heterocycles. The van der Waals surface area contributed by atoms with Crippen LogP contribution in [0.25, 0.3) is 0 Å². The number of rotatable bonds is 4. The predicted octanol–water partition coefficient (Wildman–Crippen LogP) is 1.07. The summed E-state index contributed by atoms with van der Waals surface area (Å²) in [5.74, 6) is 0. The first-order valence-electron chi connectivity index (χ1n) is 6.71. The number of nitrogens with zero attached hydrogens (tertiary/aromatic N) is 3. The summed E-state index contributed by atoms with van der Waals surface area (Å²) < 4.78 is 0. The van der Waals surface area contributed by atoms with Crippen molar-refractivity contribution in [3.05, 3.63) is 29.6 Å². The summed E-state index contributed by atoms with van der Waals surface area (Å²) in [5, 5.41) is 0. The molecule has 0 aliphatic carbocycles. The number of hydrogen-bond donors (Lipinski definition) is 1. The lowest BCUT2D eigenvalue weighted by Crippen LogP contribution is -2.44. The van der Waals surface area contributed by atoms with Crippen molar-refractivity contribution in [3.8, 4) is 0 Å². The highest BCUT2D eigenvalue weighted by molar-refractivity contribution is 5.16. The van der Waals surface area contributed by atoms with Crippen LogP contribution in [0.4, 0.5) is 0 Å². The van der Waals surface area contributed by atoms with E-state index < -0.39 is 0 Å². The average molecular weight is 248 g/mol. The molecule has 18 heavy (non-hydrogen) atoms. The Bertz CT molecular complexity index is 380. The number of hydrogen-bond acceptors (Lipinski definition) is 4. The first-order chi connectivity index (χ1) is 8.69. The molecule has 0 radical (unpaired) electrons. The SMILES string of the molecule is CN1CCCC(N(C)Cc2ccnc(CN)c2)C1. The fourth-order valence-corrected chi connectivity index (χ4v) is 2.65. The second-order valence-corrected chi connectivity index (χ2v) is 5.33. The summed E-state index contributed by atoms with van der Waals surface area (Å²) in [5.41, 5.74) is 7.91. The maximum Gasteiger partial charge on any atom is 0.0542 e. The summed E-state index contributed by atoms with van der Waals surface area (Å²) in [7, 11) is 4.42. The summed E-state index contributed by atoms with van der Waals surface area (Å²) in [6, 6.07) is 4.86. The molecule has 2 N–H and O–H groups in total. The fraction of sp³-hybridized carbons (Fsp3) is 0.643. The predicted molar refractivity (Wildman–Crippen MR) is 74.1 cm³/mol. The lowest BCUT2D eigenvalue weighted by Gasteiger charge is -2.35. The number of likely N-dealkylation sites (N-methyl/N-ethyl adjacent to an activating group) is 2. The maximum atomic E-state index is 5.63. The Balaban J connectivity index is 1.95. The molecule has 4 nitrogen and oxygen atoms in total. The van der Waals surface area contributed by atoms with E-state index in [2.05, 4.69) is 41.0 Å². The molecule has 0 aromatic carbocycles. The van der Waals surface area contributed by atoms with E-state index in [0.717, 1.165) is 12.2 Å². The van der Waals surface area contributed by atoms with Crippen LogP contribution < -0.4 is 5.73 Å². The molecule has 1 saturated heterocycles. The Morgan fingerprint density at radius 2 is 2.39 bits per heavy atom. The lowest BCUT2D eigenvalue weighted by molar-refractivity contribution is 0.129. The second kappa shape index (κ2) is 6.27. The van der Waals surface area contributed by atoms with Crippen molar-refractivity contribution in [2.24, 2.45) is 5.73 Å². The van der Waals surface area contributed by atoms with Gasteiger partial charge in [0.05, 0.1) is 5.69 Å². The van der Waals surface area contributed by atoms with E-state index in [1.165, 1.54) is 31.5 Å². The van der Waals surface area contributed by atoms with E-state index in [9.17, 15) is 0 Å². The van der Waals surface area contributed by atoms with E-state index in [0.29, 0.717) is 12.6 Å². The van der Waals surface area contributed by atoms with Crippen molar-refractivity contribution in [1.82, 2.24) is 14.8 Å². The maximum absolute atomic E-state index is 5.63. The van der Waals surface area contributed by atoms with E-state index >= 15 is 0 Å². The van der Waals surface area contributed by atoms with Crippen LogP contribution in [0.1, 0.15) is 24.1 Å². The van der Waals surface area contributed by atoms with Gasteiger partial charge in [-0.1, -0.05) is 0 Å². The zero-order valence-corrected chi connectivity index (χ0v) is 11.5. The molecule has 1 aliphatic heterocycles. The first kappa shape index (κ1) is 13.5. The normalized spacial score (nSPS) is 21.4. The van der Waals surface area contributed by atoms with Gasteiger partial charge in [0.25, 0.3) is 0 Å². The minimum absolute atomic E-state index is 0.518. The van der Waals surface area contributed by atoms with Gasteiger partial charge in [-0.3, -0.25) is 9.88 Å². The van der Waals surface area contributed by atoms with Crippen molar-refractivity contribution in [2.45, 2.75) is 32.0 Å². The Kier molecular flexibility index (Phi) is 4.69. The summed E-state index contributed by atoms with van der Waals surface area (Å²) in [6.45, 7) is 3.90. The van der Waals surface area contributed by atoms with Gasteiger partial charge in [-0.15, -0.1) is 0 Å². The average Bonchev–Trinajstić information content (AvgIpc) is 2.39. The summed E-state index contributed by atoms with van der Waals surface area (Å²) >= 11 is 0. The van der Waals surface area contributed by atoms with Gasteiger partial charge in [-0.25, -0.2) is 0 Å². The van der Waals surface area contributed by atoms with Gasteiger partial charge in [-0.05, 0) is 51.2 Å². The lowest BCUT2D eigenvalue weighted by atomic mass is 10.0. The molecular formula is C14H24N4. The summed E-state index contributed by atoms with van der Waals surface area (Å²) in [6.07, 6.45) is 4.46. The van der Waals surface area contributed by atoms with Gasteiger partial charge in [0, 0.05) is 31.9 Å². The van der Waals surface area contributed by atoms with Crippen LogP contribution >= 0.6 is 0 Å². The van der Waals surface area contributed by atoms with Crippen molar-refractivity contribution >= 4 is 0 Å². The standard InChI is InChI=1S/C14H24N4/c1-17-7-3-4-14(11-17)18(2)10-12-5-6-16-13(8-12)9-15/h5-6,8,14H,3-4,7,9-11,15H2,1-2H3. The van der Waals surface area contributed by atoms with Crippen LogP contribution in [0.5, 0.6) is 0 Å².